The first kappa shape index (κ1) is 54.9. The molecule has 0 radical (unpaired) electrons. The lowest BCUT2D eigenvalue weighted by molar-refractivity contribution is 0.332. The van der Waals surface area contributed by atoms with Gasteiger partial charge in [-0.15, -0.1) is 0 Å². The van der Waals surface area contributed by atoms with E-state index in [0.717, 1.165) is 19.3 Å². The lowest BCUT2D eigenvalue weighted by atomic mass is 9.33. The average molecular weight is 1090 g/mol. The van der Waals surface area contributed by atoms with Gasteiger partial charge in [0.2, 0.25) is 0 Å². The van der Waals surface area contributed by atoms with Gasteiger partial charge in [0, 0.05) is 44.8 Å². The minimum Gasteiger partial charge on any atom is -0.311 e. The van der Waals surface area contributed by atoms with Crippen molar-refractivity contribution in [3.63, 3.8) is 0 Å². The molecule has 3 heteroatoms. The molecule has 2 aliphatic carbocycles. The summed E-state index contributed by atoms with van der Waals surface area (Å²) in [5.74, 6) is 0. The van der Waals surface area contributed by atoms with Crippen molar-refractivity contribution >= 4 is 57.2 Å². The van der Waals surface area contributed by atoms with Gasteiger partial charge in [-0.25, -0.2) is 0 Å². The summed E-state index contributed by atoms with van der Waals surface area (Å²) in [6.45, 7) is 36.7. The molecule has 83 heavy (non-hydrogen) atoms. The van der Waals surface area contributed by atoms with Gasteiger partial charge in [-0.05, 0) is 184 Å². The minimum absolute atomic E-state index is 0.00608. The van der Waals surface area contributed by atoms with Crippen molar-refractivity contribution < 1.29 is 0 Å². The van der Waals surface area contributed by atoms with Crippen LogP contribution in [0.4, 0.5) is 34.1 Å². The summed E-state index contributed by atoms with van der Waals surface area (Å²) in [4.78, 5) is 5.48. The lowest BCUT2D eigenvalue weighted by Gasteiger charge is -2.48. The number of fused-ring (bicyclic) bond motifs is 6. The van der Waals surface area contributed by atoms with Crippen LogP contribution in [0.25, 0.3) is 22.3 Å². The van der Waals surface area contributed by atoms with Crippen LogP contribution in [0.5, 0.6) is 0 Å². The molecule has 13 rings (SSSR count). The van der Waals surface area contributed by atoms with Crippen molar-refractivity contribution in [2.75, 3.05) is 9.80 Å². The second kappa shape index (κ2) is 19.1. The molecule has 0 atom stereocenters. The van der Waals surface area contributed by atoms with E-state index >= 15 is 0 Å². The normalized spacial score (nSPS) is 17.2. The maximum absolute atomic E-state index is 2.74. The van der Waals surface area contributed by atoms with E-state index in [9.17, 15) is 0 Å². The molecule has 0 saturated carbocycles. The van der Waals surface area contributed by atoms with E-state index in [2.05, 4.69) is 308 Å². The van der Waals surface area contributed by atoms with Crippen LogP contribution < -0.4 is 26.2 Å². The molecule has 4 aliphatic rings. The molecule has 0 N–H and O–H groups in total. The van der Waals surface area contributed by atoms with Crippen molar-refractivity contribution in [1.82, 2.24) is 0 Å². The molecular formula is C80H85BN2. The lowest BCUT2D eigenvalue weighted by Crippen LogP contribution is -2.62. The van der Waals surface area contributed by atoms with Crippen LogP contribution in [0.3, 0.4) is 0 Å². The Bertz CT molecular complexity index is 4000. The van der Waals surface area contributed by atoms with Gasteiger partial charge in [-0.2, -0.15) is 0 Å². The molecule has 9 aromatic carbocycles. The zero-order valence-corrected chi connectivity index (χ0v) is 52.3. The molecule has 0 saturated heterocycles. The highest BCUT2D eigenvalue weighted by Gasteiger charge is 2.49. The highest BCUT2D eigenvalue weighted by atomic mass is 15.2. The summed E-state index contributed by atoms with van der Waals surface area (Å²) >= 11 is 0. The highest BCUT2D eigenvalue weighted by molar-refractivity contribution is 7.00. The van der Waals surface area contributed by atoms with Crippen LogP contribution in [0.2, 0.25) is 0 Å². The summed E-state index contributed by atoms with van der Waals surface area (Å²) < 4.78 is 0. The molecule has 418 valence electrons. The monoisotopic (exact) mass is 1080 g/mol. The van der Waals surface area contributed by atoms with E-state index in [4.69, 9.17) is 0 Å². The molecule has 2 heterocycles. The van der Waals surface area contributed by atoms with Crippen LogP contribution in [-0.2, 0) is 37.9 Å². The van der Waals surface area contributed by atoms with Gasteiger partial charge in [-0.3, -0.25) is 0 Å². The first-order chi connectivity index (χ1) is 39.3. The second-order valence-corrected chi connectivity index (χ2v) is 29.9. The topological polar surface area (TPSA) is 6.48 Å². The molecule has 9 aromatic rings. The predicted molar refractivity (Wildman–Crippen MR) is 358 cm³/mol. The third kappa shape index (κ3) is 8.88. The Kier molecular flexibility index (Phi) is 12.6. The number of benzene rings is 9. The Morgan fingerprint density at radius 1 is 0.337 bits per heavy atom. The Morgan fingerprint density at radius 2 is 0.795 bits per heavy atom. The second-order valence-electron chi connectivity index (χ2n) is 29.9. The van der Waals surface area contributed by atoms with Crippen LogP contribution >= 0.6 is 0 Å². The van der Waals surface area contributed by atoms with E-state index < -0.39 is 0 Å². The summed E-state index contributed by atoms with van der Waals surface area (Å²) in [6, 6.07) is 75.7. The van der Waals surface area contributed by atoms with E-state index in [0.29, 0.717) is 0 Å². The zero-order valence-electron chi connectivity index (χ0n) is 52.3. The smallest absolute Gasteiger partial charge is 0.252 e. The van der Waals surface area contributed by atoms with Crippen molar-refractivity contribution in [2.24, 2.45) is 0 Å². The fraction of sp³-hybridized carbons (Fsp3) is 0.325. The fourth-order valence-corrected chi connectivity index (χ4v) is 15.2. The van der Waals surface area contributed by atoms with Crippen LogP contribution in [0.15, 0.2) is 194 Å². The van der Waals surface area contributed by atoms with Gasteiger partial charge in [-0.1, -0.05) is 249 Å². The van der Waals surface area contributed by atoms with E-state index in [1.807, 2.05) is 0 Å². The quantitative estimate of drug-likeness (QED) is 0.140. The third-order valence-corrected chi connectivity index (χ3v) is 20.9. The molecule has 2 nitrogen and oxygen atoms in total. The number of nitrogens with zero attached hydrogens (tertiary/aromatic N) is 2. The van der Waals surface area contributed by atoms with E-state index in [1.54, 1.807) is 0 Å². The number of hydrogen-bond acceptors (Lipinski definition) is 2. The van der Waals surface area contributed by atoms with Gasteiger partial charge in [0.15, 0.2) is 0 Å². The Balaban J connectivity index is 1.20. The van der Waals surface area contributed by atoms with Crippen molar-refractivity contribution in [2.45, 2.75) is 167 Å². The maximum Gasteiger partial charge on any atom is 0.252 e. The number of anilines is 6. The summed E-state index contributed by atoms with van der Waals surface area (Å²) in [5.41, 5.74) is 28.2. The van der Waals surface area contributed by atoms with Gasteiger partial charge < -0.3 is 9.80 Å². The largest absolute Gasteiger partial charge is 0.311 e. The highest BCUT2D eigenvalue weighted by Crippen LogP contribution is 2.55. The molecule has 0 fully saturated rings. The minimum atomic E-state index is -0.345. The summed E-state index contributed by atoms with van der Waals surface area (Å²) in [6.07, 6.45) is 4.64. The molecular weight excluding hydrogens is 1000 g/mol. The molecule has 0 unspecified atom stereocenters. The van der Waals surface area contributed by atoms with E-state index in [1.165, 1.54) is 129 Å². The molecule has 0 amide bonds. The first-order valence-corrected chi connectivity index (χ1v) is 31.0. The Morgan fingerprint density at radius 3 is 1.35 bits per heavy atom. The van der Waals surface area contributed by atoms with Crippen molar-refractivity contribution in [3.05, 3.63) is 244 Å². The number of rotatable bonds is 8. The summed E-state index contributed by atoms with van der Waals surface area (Å²) in [7, 11) is 0. The number of hydrogen-bond donors (Lipinski definition) is 0. The predicted octanol–water partition coefficient (Wildman–Crippen LogP) is 19.8. The molecule has 0 aromatic heterocycles. The first-order valence-electron chi connectivity index (χ1n) is 31.0. The van der Waals surface area contributed by atoms with Crippen molar-refractivity contribution in [3.8, 4) is 22.3 Å². The maximum atomic E-state index is 2.74. The SMILES string of the molecule is CC(C)(C)c1cc2c3c(c1)N(c1cc(-c4ccccc4)c(C(C)(C)c4ccccc4)cc1-c1ccccc1)c1cc(C(C)(C)c4ccccc4)ccc1B3c1cc3c(cc1N2c1ccc2c(c1)C(C)(C)CCC2(C)C)C(C)(C)CCC3(C)C. The van der Waals surface area contributed by atoms with Crippen LogP contribution in [-0.4, -0.2) is 6.71 Å². The third-order valence-electron chi connectivity index (χ3n) is 20.9. The zero-order chi connectivity index (χ0) is 58.4. The van der Waals surface area contributed by atoms with Gasteiger partial charge in [0.05, 0.1) is 5.69 Å². The van der Waals surface area contributed by atoms with Crippen LogP contribution in [0.1, 0.15) is 180 Å². The van der Waals surface area contributed by atoms with Gasteiger partial charge in [0.1, 0.15) is 0 Å². The van der Waals surface area contributed by atoms with Gasteiger partial charge in [0.25, 0.3) is 6.71 Å². The Labute approximate surface area is 498 Å². The fourth-order valence-electron chi connectivity index (χ4n) is 15.2. The van der Waals surface area contributed by atoms with Gasteiger partial charge >= 0.3 is 0 Å². The Hall–Kier alpha value is -7.36. The summed E-state index contributed by atoms with van der Waals surface area (Å²) in [5, 5.41) is 0. The molecule has 0 spiro atoms. The van der Waals surface area contributed by atoms with Crippen molar-refractivity contribution in [1.29, 1.82) is 0 Å². The molecule has 0 bridgehead atoms. The standard InChI is InChI=1S/C80H85BN2/c1-74(2,3)57-45-71-73-72(46-57)83(68-49-59(52-28-20-16-21-29-52)62(48-60(68)53-30-22-17-23-31-53)80(14,15)55-34-26-19-27-35-55)69-44-56(79(12,13)54-32-24-18-25-33-54)36-39-66(69)81(73)67-50-64-65(78(10,11)43-42-77(64,8)9)51-70(67)82(71)58-37-38-61-63(47-58)76(6,7)41-40-75(61,4)5/h16-39,44-51H,40-43H2,1-15H3. The average Bonchev–Trinajstić information content (AvgIpc) is 1.15. The molecule has 2 aliphatic heterocycles. The van der Waals surface area contributed by atoms with E-state index in [-0.39, 0.29) is 44.6 Å². The van der Waals surface area contributed by atoms with Crippen LogP contribution in [0, 0.1) is 0 Å².